The average molecular weight is 351 g/mol. The second kappa shape index (κ2) is 7.22. The molecule has 0 aliphatic carbocycles. The van der Waals surface area contributed by atoms with Gasteiger partial charge in [-0.3, -0.25) is 4.79 Å². The Bertz CT molecular complexity index is 892. The first-order chi connectivity index (χ1) is 12.4. The highest BCUT2D eigenvalue weighted by Gasteiger charge is 2.24. The maximum atomic E-state index is 12.3. The van der Waals surface area contributed by atoms with Crippen LogP contribution in [-0.2, 0) is 4.79 Å². The van der Waals surface area contributed by atoms with E-state index in [1.807, 2.05) is 48.7 Å². The Morgan fingerprint density at radius 1 is 1.19 bits per heavy atom. The summed E-state index contributed by atoms with van der Waals surface area (Å²) in [7, 11) is 1.65. The molecule has 2 aromatic carbocycles. The summed E-state index contributed by atoms with van der Waals surface area (Å²) in [5.74, 6) is 0.637. The second-order valence-corrected chi connectivity index (χ2v) is 7.05. The van der Waals surface area contributed by atoms with Crippen molar-refractivity contribution in [2.24, 2.45) is 5.73 Å². The molecule has 0 fully saturated rings. The van der Waals surface area contributed by atoms with Crippen molar-refractivity contribution in [3.05, 3.63) is 65.9 Å². The summed E-state index contributed by atoms with van der Waals surface area (Å²) in [6.07, 6.45) is 2.01. The maximum Gasteiger partial charge on any atom is 0.239 e. The number of para-hydroxylation sites is 1. The van der Waals surface area contributed by atoms with Gasteiger partial charge in [-0.05, 0) is 43.2 Å². The third-order valence-corrected chi connectivity index (χ3v) is 4.57. The van der Waals surface area contributed by atoms with Gasteiger partial charge in [-0.2, -0.15) is 0 Å². The summed E-state index contributed by atoms with van der Waals surface area (Å²) >= 11 is 0. The number of hydrogen-bond donors (Lipinski definition) is 3. The van der Waals surface area contributed by atoms with Crippen LogP contribution in [0.5, 0.6) is 5.75 Å². The van der Waals surface area contributed by atoms with Crippen LogP contribution in [0.2, 0.25) is 0 Å². The lowest BCUT2D eigenvalue weighted by atomic mass is 9.90. The zero-order chi connectivity index (χ0) is 18.7. The first-order valence-corrected chi connectivity index (χ1v) is 8.67. The Labute approximate surface area is 153 Å². The zero-order valence-electron chi connectivity index (χ0n) is 15.4. The molecule has 0 spiro atoms. The Morgan fingerprint density at radius 2 is 1.88 bits per heavy atom. The smallest absolute Gasteiger partial charge is 0.239 e. The number of benzene rings is 2. The van der Waals surface area contributed by atoms with Gasteiger partial charge in [0.2, 0.25) is 5.91 Å². The Balaban J connectivity index is 1.96. The van der Waals surface area contributed by atoms with Crippen molar-refractivity contribution in [1.29, 1.82) is 0 Å². The molecule has 0 aliphatic rings. The van der Waals surface area contributed by atoms with Crippen LogP contribution in [0, 0.1) is 0 Å². The highest BCUT2D eigenvalue weighted by Crippen LogP contribution is 2.31. The largest absolute Gasteiger partial charge is 0.497 e. The molecule has 0 saturated heterocycles. The summed E-state index contributed by atoms with van der Waals surface area (Å²) in [4.78, 5) is 15.6. The molecule has 0 bridgehead atoms. The molecule has 5 nitrogen and oxygen atoms in total. The van der Waals surface area contributed by atoms with E-state index in [2.05, 4.69) is 16.4 Å². The number of amides is 1. The number of rotatable bonds is 6. The van der Waals surface area contributed by atoms with Gasteiger partial charge in [-0.25, -0.2) is 0 Å². The summed E-state index contributed by atoms with van der Waals surface area (Å²) in [6.45, 7) is 3.88. The minimum Gasteiger partial charge on any atom is -0.497 e. The van der Waals surface area contributed by atoms with Gasteiger partial charge in [0.25, 0.3) is 0 Å². The number of nitrogens with two attached hydrogens (primary N) is 1. The van der Waals surface area contributed by atoms with Crippen molar-refractivity contribution < 1.29 is 9.53 Å². The minimum atomic E-state index is -0.912. The molecule has 1 heterocycles. The van der Waals surface area contributed by atoms with Gasteiger partial charge in [0, 0.05) is 29.6 Å². The van der Waals surface area contributed by atoms with E-state index in [9.17, 15) is 4.79 Å². The number of hydrogen-bond acceptors (Lipinski definition) is 3. The molecule has 1 aromatic heterocycles. The molecular formula is C21H25N3O2. The average Bonchev–Trinajstić information content (AvgIpc) is 3.05. The molecule has 0 saturated carbocycles. The number of methoxy groups -OCH3 is 1. The molecule has 3 rings (SSSR count). The molecule has 4 N–H and O–H groups in total. The number of ether oxygens (including phenoxy) is 1. The summed E-state index contributed by atoms with van der Waals surface area (Å²) in [5, 5.41) is 4.14. The highest BCUT2D eigenvalue weighted by molar-refractivity contribution is 5.86. The number of carbonyl (C=O) groups is 1. The molecule has 26 heavy (non-hydrogen) atoms. The Kier molecular flexibility index (Phi) is 5.00. The fourth-order valence-electron chi connectivity index (χ4n) is 3.05. The number of aromatic nitrogens is 1. The van der Waals surface area contributed by atoms with E-state index in [-0.39, 0.29) is 11.8 Å². The molecule has 136 valence electrons. The van der Waals surface area contributed by atoms with Crippen LogP contribution in [0.1, 0.15) is 30.9 Å². The fourth-order valence-corrected chi connectivity index (χ4v) is 3.05. The highest BCUT2D eigenvalue weighted by atomic mass is 16.5. The lowest BCUT2D eigenvalue weighted by Crippen LogP contribution is -2.50. The standard InChI is InChI=1S/C21H25N3O2/c1-21(2,22)20(25)24-12-17(14-8-10-15(26-3)11-9-14)18-13-23-19-7-5-4-6-16(18)19/h4-11,13,17,23H,12,22H2,1-3H3,(H,24,25). The van der Waals surface area contributed by atoms with Crippen LogP contribution in [0.3, 0.4) is 0 Å². The lowest BCUT2D eigenvalue weighted by molar-refractivity contribution is -0.125. The summed E-state index contributed by atoms with van der Waals surface area (Å²) < 4.78 is 5.26. The van der Waals surface area contributed by atoms with Gasteiger partial charge in [0.1, 0.15) is 5.75 Å². The van der Waals surface area contributed by atoms with E-state index in [1.165, 1.54) is 0 Å². The quantitative estimate of drug-likeness (QED) is 0.638. The van der Waals surface area contributed by atoms with Crippen LogP contribution >= 0.6 is 0 Å². The van der Waals surface area contributed by atoms with Crippen molar-refractivity contribution in [3.63, 3.8) is 0 Å². The molecule has 1 atom stereocenters. The van der Waals surface area contributed by atoms with Crippen molar-refractivity contribution in [2.45, 2.75) is 25.3 Å². The number of H-pyrrole nitrogens is 1. The topological polar surface area (TPSA) is 80.1 Å². The van der Waals surface area contributed by atoms with E-state index in [0.29, 0.717) is 6.54 Å². The van der Waals surface area contributed by atoms with E-state index in [0.717, 1.165) is 27.8 Å². The molecule has 1 amide bonds. The van der Waals surface area contributed by atoms with Gasteiger partial charge < -0.3 is 20.8 Å². The molecule has 1 unspecified atom stereocenters. The Morgan fingerprint density at radius 3 is 2.54 bits per heavy atom. The molecule has 3 aromatic rings. The predicted molar refractivity (Wildman–Crippen MR) is 104 cm³/mol. The van der Waals surface area contributed by atoms with E-state index in [1.54, 1.807) is 21.0 Å². The van der Waals surface area contributed by atoms with Crippen LogP contribution in [0.15, 0.2) is 54.7 Å². The third-order valence-electron chi connectivity index (χ3n) is 4.57. The first-order valence-electron chi connectivity index (χ1n) is 8.67. The van der Waals surface area contributed by atoms with Gasteiger partial charge >= 0.3 is 0 Å². The second-order valence-electron chi connectivity index (χ2n) is 7.05. The normalized spacial score (nSPS) is 12.8. The number of aromatic amines is 1. The van der Waals surface area contributed by atoms with Crippen LogP contribution in [0.4, 0.5) is 0 Å². The van der Waals surface area contributed by atoms with E-state index < -0.39 is 5.54 Å². The monoisotopic (exact) mass is 351 g/mol. The number of nitrogens with one attached hydrogen (secondary N) is 2. The van der Waals surface area contributed by atoms with Gasteiger partial charge in [0.15, 0.2) is 0 Å². The van der Waals surface area contributed by atoms with Crippen molar-refractivity contribution >= 4 is 16.8 Å². The number of carbonyl (C=O) groups excluding carboxylic acids is 1. The molecular weight excluding hydrogens is 326 g/mol. The van der Waals surface area contributed by atoms with Crippen LogP contribution in [0.25, 0.3) is 10.9 Å². The SMILES string of the molecule is COc1ccc(C(CNC(=O)C(C)(C)N)c2c[nH]c3ccccc23)cc1. The fraction of sp³-hybridized carbons (Fsp3) is 0.286. The van der Waals surface area contributed by atoms with E-state index in [4.69, 9.17) is 10.5 Å². The molecule has 0 radical (unpaired) electrons. The first kappa shape index (κ1) is 18.0. The van der Waals surface area contributed by atoms with Crippen LogP contribution in [-0.4, -0.2) is 30.1 Å². The van der Waals surface area contributed by atoms with Crippen molar-refractivity contribution in [3.8, 4) is 5.75 Å². The summed E-state index contributed by atoms with van der Waals surface area (Å²) in [6, 6.07) is 16.1. The Hall–Kier alpha value is -2.79. The van der Waals surface area contributed by atoms with Gasteiger partial charge in [-0.15, -0.1) is 0 Å². The van der Waals surface area contributed by atoms with Crippen molar-refractivity contribution in [1.82, 2.24) is 10.3 Å². The zero-order valence-corrected chi connectivity index (χ0v) is 15.4. The predicted octanol–water partition coefficient (Wildman–Crippen LogP) is 3.16. The third kappa shape index (κ3) is 3.73. The van der Waals surface area contributed by atoms with Crippen molar-refractivity contribution in [2.75, 3.05) is 13.7 Å². The lowest BCUT2D eigenvalue weighted by Gasteiger charge is -2.22. The van der Waals surface area contributed by atoms with E-state index >= 15 is 0 Å². The van der Waals surface area contributed by atoms with Gasteiger partial charge in [-0.1, -0.05) is 30.3 Å². The maximum absolute atomic E-state index is 12.3. The van der Waals surface area contributed by atoms with Crippen LogP contribution < -0.4 is 15.8 Å². The van der Waals surface area contributed by atoms with Gasteiger partial charge in [0.05, 0.1) is 12.6 Å². The molecule has 0 aliphatic heterocycles. The number of fused-ring (bicyclic) bond motifs is 1. The minimum absolute atomic E-state index is 0.00311. The molecule has 5 heteroatoms. The summed E-state index contributed by atoms with van der Waals surface area (Å²) in [5.41, 5.74) is 8.32.